The topological polar surface area (TPSA) is 50.2 Å². The summed E-state index contributed by atoms with van der Waals surface area (Å²) < 4.78 is 1.99. The van der Waals surface area contributed by atoms with Crippen LogP contribution in [0.15, 0.2) is 30.6 Å². The summed E-state index contributed by atoms with van der Waals surface area (Å²) in [5.41, 5.74) is 0.952. The van der Waals surface area contributed by atoms with Crippen LogP contribution in [0.3, 0.4) is 0 Å². The molecule has 0 saturated carbocycles. The quantitative estimate of drug-likeness (QED) is 0.795. The van der Waals surface area contributed by atoms with E-state index in [1.54, 1.807) is 17.2 Å². The lowest BCUT2D eigenvalue weighted by Gasteiger charge is -2.28. The second-order valence-electron chi connectivity index (χ2n) is 6.53. The molecular formula is C18H24Cl2N4O. The maximum absolute atomic E-state index is 12.4. The van der Waals surface area contributed by atoms with E-state index < -0.39 is 0 Å². The third-order valence-corrected chi connectivity index (χ3v) is 4.35. The van der Waals surface area contributed by atoms with E-state index in [0.717, 1.165) is 11.4 Å². The van der Waals surface area contributed by atoms with Gasteiger partial charge in [0, 0.05) is 34.5 Å². The van der Waals surface area contributed by atoms with Crippen LogP contribution < -0.4 is 5.32 Å². The fraction of sp³-hybridized carbons (Fsp3) is 0.444. The predicted molar refractivity (Wildman–Crippen MR) is 102 cm³/mol. The molecule has 0 aliphatic carbocycles. The number of hydrogen-bond acceptors (Lipinski definition) is 2. The lowest BCUT2D eigenvalue weighted by atomic mass is 10.2. The normalized spacial score (nSPS) is 11.2. The smallest absolute Gasteiger partial charge is 0.318 e. The van der Waals surface area contributed by atoms with Gasteiger partial charge in [0.2, 0.25) is 0 Å². The van der Waals surface area contributed by atoms with Gasteiger partial charge in [0.25, 0.3) is 0 Å². The number of halogens is 2. The number of aromatic nitrogens is 2. The molecule has 0 atom stereocenters. The third kappa shape index (κ3) is 5.38. The number of amides is 2. The highest BCUT2D eigenvalue weighted by Crippen LogP contribution is 2.22. The van der Waals surface area contributed by atoms with Crippen molar-refractivity contribution in [1.82, 2.24) is 19.8 Å². The van der Waals surface area contributed by atoms with Crippen molar-refractivity contribution in [3.63, 3.8) is 0 Å². The largest absolute Gasteiger partial charge is 0.336 e. The molecule has 136 valence electrons. The van der Waals surface area contributed by atoms with Gasteiger partial charge in [-0.2, -0.15) is 0 Å². The Hall–Kier alpha value is -1.72. The molecule has 2 amide bonds. The minimum Gasteiger partial charge on any atom is -0.336 e. The molecule has 1 aromatic carbocycles. The zero-order chi connectivity index (χ0) is 18.6. The van der Waals surface area contributed by atoms with Crippen molar-refractivity contribution in [3.8, 4) is 0 Å². The SMILES string of the molecule is CC(C)NC(=O)N(Cc1nccn1Cc1ccc(Cl)cc1Cl)C(C)C. The zero-order valence-corrected chi connectivity index (χ0v) is 16.5. The van der Waals surface area contributed by atoms with E-state index >= 15 is 0 Å². The number of nitrogens with one attached hydrogen (secondary N) is 1. The Morgan fingerprint density at radius 2 is 2.00 bits per heavy atom. The van der Waals surface area contributed by atoms with Crippen LogP contribution in [0.5, 0.6) is 0 Å². The number of carbonyl (C=O) groups is 1. The monoisotopic (exact) mass is 382 g/mol. The van der Waals surface area contributed by atoms with Gasteiger partial charge >= 0.3 is 6.03 Å². The van der Waals surface area contributed by atoms with Crippen LogP contribution in [-0.2, 0) is 13.1 Å². The van der Waals surface area contributed by atoms with Crippen LogP contribution in [-0.4, -0.2) is 32.6 Å². The standard InChI is InChI=1S/C18H24Cl2N4O/c1-12(2)22-18(25)24(13(3)4)11-17-21-7-8-23(17)10-14-5-6-15(19)9-16(14)20/h5-9,12-13H,10-11H2,1-4H3,(H,22,25). The van der Waals surface area contributed by atoms with E-state index in [1.165, 1.54) is 0 Å². The van der Waals surface area contributed by atoms with Gasteiger partial charge in [-0.25, -0.2) is 9.78 Å². The lowest BCUT2D eigenvalue weighted by molar-refractivity contribution is 0.174. The Bertz CT molecular complexity index is 728. The summed E-state index contributed by atoms with van der Waals surface area (Å²) in [6.45, 7) is 8.86. The van der Waals surface area contributed by atoms with Gasteiger partial charge in [-0.1, -0.05) is 29.3 Å². The number of rotatable bonds is 6. The number of imidazole rings is 1. The van der Waals surface area contributed by atoms with E-state index in [2.05, 4.69) is 10.3 Å². The van der Waals surface area contributed by atoms with E-state index in [9.17, 15) is 4.79 Å². The van der Waals surface area contributed by atoms with Crippen LogP contribution >= 0.6 is 23.2 Å². The van der Waals surface area contributed by atoms with Crippen LogP contribution in [0.1, 0.15) is 39.1 Å². The summed E-state index contributed by atoms with van der Waals surface area (Å²) >= 11 is 12.2. The summed E-state index contributed by atoms with van der Waals surface area (Å²) in [5, 5.41) is 4.16. The molecule has 1 heterocycles. The number of urea groups is 1. The number of carbonyl (C=O) groups excluding carboxylic acids is 1. The first-order valence-corrected chi connectivity index (χ1v) is 9.04. The molecule has 0 fully saturated rings. The Morgan fingerprint density at radius 3 is 2.60 bits per heavy atom. The number of benzene rings is 1. The molecule has 0 radical (unpaired) electrons. The van der Waals surface area contributed by atoms with Crippen LogP contribution in [0.4, 0.5) is 4.79 Å². The van der Waals surface area contributed by atoms with Crippen molar-refractivity contribution < 1.29 is 4.79 Å². The molecule has 0 bridgehead atoms. The maximum Gasteiger partial charge on any atom is 0.318 e. The molecule has 0 aliphatic heterocycles. The fourth-order valence-electron chi connectivity index (χ4n) is 2.44. The van der Waals surface area contributed by atoms with Crippen LogP contribution in [0.25, 0.3) is 0 Å². The third-order valence-electron chi connectivity index (χ3n) is 3.77. The zero-order valence-electron chi connectivity index (χ0n) is 15.0. The van der Waals surface area contributed by atoms with Gasteiger partial charge in [-0.3, -0.25) is 0 Å². The maximum atomic E-state index is 12.4. The summed E-state index contributed by atoms with van der Waals surface area (Å²) in [5.74, 6) is 0.804. The van der Waals surface area contributed by atoms with Crippen molar-refractivity contribution in [2.45, 2.75) is 52.9 Å². The van der Waals surface area contributed by atoms with Gasteiger partial charge in [0.1, 0.15) is 5.82 Å². The minimum atomic E-state index is -0.0934. The van der Waals surface area contributed by atoms with Crippen LogP contribution in [0, 0.1) is 0 Å². The van der Waals surface area contributed by atoms with E-state index in [-0.39, 0.29) is 18.1 Å². The van der Waals surface area contributed by atoms with Crippen molar-refractivity contribution in [2.24, 2.45) is 0 Å². The highest BCUT2D eigenvalue weighted by molar-refractivity contribution is 6.35. The number of hydrogen-bond donors (Lipinski definition) is 1. The molecule has 0 unspecified atom stereocenters. The molecule has 1 aromatic heterocycles. The summed E-state index contributed by atoms with van der Waals surface area (Å²) in [4.78, 5) is 18.6. The van der Waals surface area contributed by atoms with Crippen LogP contribution in [0.2, 0.25) is 10.0 Å². The first-order valence-electron chi connectivity index (χ1n) is 8.29. The predicted octanol–water partition coefficient (Wildman–Crippen LogP) is 4.57. The highest BCUT2D eigenvalue weighted by atomic mass is 35.5. The molecule has 25 heavy (non-hydrogen) atoms. The Morgan fingerprint density at radius 1 is 1.28 bits per heavy atom. The molecular weight excluding hydrogens is 359 g/mol. The van der Waals surface area contributed by atoms with Crippen molar-refractivity contribution in [2.75, 3.05) is 0 Å². The Balaban J connectivity index is 2.18. The van der Waals surface area contributed by atoms with Gasteiger partial charge < -0.3 is 14.8 Å². The summed E-state index contributed by atoms with van der Waals surface area (Å²) in [6.07, 6.45) is 3.62. The van der Waals surface area contributed by atoms with Crippen molar-refractivity contribution in [3.05, 3.63) is 52.0 Å². The molecule has 2 rings (SSSR count). The molecule has 0 spiro atoms. The Labute approximate surface area is 158 Å². The average molecular weight is 383 g/mol. The second-order valence-corrected chi connectivity index (χ2v) is 7.38. The van der Waals surface area contributed by atoms with Gasteiger partial charge in [0.05, 0.1) is 13.1 Å². The molecule has 5 nitrogen and oxygen atoms in total. The van der Waals surface area contributed by atoms with E-state index in [1.807, 2.05) is 50.6 Å². The number of nitrogens with zero attached hydrogens (tertiary/aromatic N) is 3. The molecule has 0 aliphatic rings. The van der Waals surface area contributed by atoms with Gasteiger partial charge in [-0.05, 0) is 45.4 Å². The average Bonchev–Trinajstić information content (AvgIpc) is 2.93. The molecule has 2 aromatic rings. The lowest BCUT2D eigenvalue weighted by Crippen LogP contribution is -2.46. The highest BCUT2D eigenvalue weighted by Gasteiger charge is 2.20. The first-order chi connectivity index (χ1) is 11.8. The molecule has 7 heteroatoms. The Kier molecular flexibility index (Phi) is 6.73. The minimum absolute atomic E-state index is 0.0584. The molecule has 1 N–H and O–H groups in total. The van der Waals surface area contributed by atoms with Crippen molar-refractivity contribution in [1.29, 1.82) is 0 Å². The van der Waals surface area contributed by atoms with E-state index in [0.29, 0.717) is 23.1 Å². The van der Waals surface area contributed by atoms with Gasteiger partial charge in [-0.15, -0.1) is 0 Å². The summed E-state index contributed by atoms with van der Waals surface area (Å²) in [7, 11) is 0. The first kappa shape index (κ1) is 19.6. The van der Waals surface area contributed by atoms with Gasteiger partial charge in [0.15, 0.2) is 0 Å². The second kappa shape index (κ2) is 8.59. The van der Waals surface area contributed by atoms with Crippen molar-refractivity contribution >= 4 is 29.2 Å². The fourth-order valence-corrected chi connectivity index (χ4v) is 2.91. The molecule has 0 saturated heterocycles. The van der Waals surface area contributed by atoms with E-state index in [4.69, 9.17) is 23.2 Å². The summed E-state index contributed by atoms with van der Waals surface area (Å²) in [6, 6.07) is 5.50.